The van der Waals surface area contributed by atoms with E-state index in [1.165, 1.54) is 25.7 Å². The third-order valence-corrected chi connectivity index (χ3v) is 5.69. The van der Waals surface area contributed by atoms with Crippen molar-refractivity contribution in [2.45, 2.75) is 38.1 Å². The minimum absolute atomic E-state index is 0.221. The van der Waals surface area contributed by atoms with Crippen LogP contribution in [0.4, 0.5) is 0 Å². The van der Waals surface area contributed by atoms with Gasteiger partial charge in [-0.3, -0.25) is 4.90 Å². The summed E-state index contributed by atoms with van der Waals surface area (Å²) in [5.74, 6) is 1.02. The van der Waals surface area contributed by atoms with Crippen LogP contribution in [0.5, 0.6) is 0 Å². The average Bonchev–Trinajstić information content (AvgIpc) is 2.24. The van der Waals surface area contributed by atoms with Gasteiger partial charge in [-0.25, -0.2) is 8.42 Å². The molecule has 4 heteroatoms. The van der Waals surface area contributed by atoms with E-state index in [2.05, 4.69) is 18.4 Å². The van der Waals surface area contributed by atoms with E-state index in [9.17, 15) is 8.42 Å². The first-order valence-corrected chi connectivity index (χ1v) is 7.80. The highest BCUT2D eigenvalue weighted by atomic mass is 32.2. The summed E-state index contributed by atoms with van der Waals surface area (Å²) in [7, 11) is -3.03. The van der Waals surface area contributed by atoms with Crippen molar-refractivity contribution in [3.63, 3.8) is 0 Å². The number of likely N-dealkylation sites (tertiary alicyclic amines) is 1. The summed E-state index contributed by atoms with van der Waals surface area (Å²) in [6.07, 6.45) is 5.18. The molecule has 0 aromatic carbocycles. The molecule has 1 aliphatic carbocycles. The zero-order valence-corrected chi connectivity index (χ0v) is 10.8. The van der Waals surface area contributed by atoms with Crippen LogP contribution >= 0.6 is 0 Å². The fourth-order valence-electron chi connectivity index (χ4n) is 3.12. The first kappa shape index (κ1) is 12.1. The molecule has 0 radical (unpaired) electrons. The van der Waals surface area contributed by atoms with E-state index in [0.29, 0.717) is 6.54 Å². The zero-order chi connectivity index (χ0) is 11.8. The van der Waals surface area contributed by atoms with Crippen molar-refractivity contribution >= 4 is 9.84 Å². The minimum Gasteiger partial charge on any atom is -0.296 e. The van der Waals surface area contributed by atoms with Crippen LogP contribution in [0.15, 0.2) is 12.0 Å². The number of hydrogen-bond acceptors (Lipinski definition) is 3. The fraction of sp³-hybridized carbons (Fsp3) is 0.833. The Balaban J connectivity index is 1.91. The average molecular weight is 243 g/mol. The van der Waals surface area contributed by atoms with Gasteiger partial charge in [-0.1, -0.05) is 19.4 Å². The Morgan fingerprint density at radius 3 is 2.88 bits per heavy atom. The van der Waals surface area contributed by atoms with Crippen molar-refractivity contribution in [3.05, 3.63) is 12.0 Å². The van der Waals surface area contributed by atoms with Crippen molar-refractivity contribution < 1.29 is 8.42 Å². The molecule has 92 valence electrons. The summed E-state index contributed by atoms with van der Waals surface area (Å²) in [6, 6.07) is 0. The predicted octanol–water partition coefficient (Wildman–Crippen LogP) is 1.81. The minimum atomic E-state index is -3.03. The van der Waals surface area contributed by atoms with Gasteiger partial charge in [0.2, 0.25) is 0 Å². The molecule has 2 fully saturated rings. The van der Waals surface area contributed by atoms with Crippen LogP contribution < -0.4 is 0 Å². The molecule has 0 aromatic rings. The van der Waals surface area contributed by atoms with E-state index in [0.717, 1.165) is 17.9 Å². The molecule has 0 spiro atoms. The molecule has 1 saturated carbocycles. The summed E-state index contributed by atoms with van der Waals surface area (Å²) in [4.78, 5) is 2.35. The van der Waals surface area contributed by atoms with Gasteiger partial charge in [0, 0.05) is 24.0 Å². The van der Waals surface area contributed by atoms with Gasteiger partial charge >= 0.3 is 0 Å². The van der Waals surface area contributed by atoms with Crippen molar-refractivity contribution in [2.75, 3.05) is 18.8 Å². The highest BCUT2D eigenvalue weighted by Crippen LogP contribution is 2.46. The Hall–Kier alpha value is -0.350. The molecule has 16 heavy (non-hydrogen) atoms. The lowest BCUT2D eigenvalue weighted by Crippen LogP contribution is -2.67. The topological polar surface area (TPSA) is 37.4 Å². The lowest BCUT2D eigenvalue weighted by molar-refractivity contribution is -0.0910. The van der Waals surface area contributed by atoms with E-state index in [4.69, 9.17) is 0 Å². The highest BCUT2D eigenvalue weighted by Gasteiger charge is 2.49. The van der Waals surface area contributed by atoms with Gasteiger partial charge in [0.05, 0.1) is 5.75 Å². The largest absolute Gasteiger partial charge is 0.296 e. The van der Waals surface area contributed by atoms with Crippen LogP contribution in [0.2, 0.25) is 0 Å². The maximum Gasteiger partial charge on any atom is 0.172 e. The SMILES string of the molecule is C=CS(=O)(=O)CCN1C[C@@H]2CCCC[C@@]21C. The Kier molecular flexibility index (Phi) is 3.14. The maximum atomic E-state index is 11.4. The Bertz CT molecular complexity index is 376. The number of sulfone groups is 1. The lowest BCUT2D eigenvalue weighted by Gasteiger charge is -2.60. The molecule has 1 aliphatic heterocycles. The maximum absolute atomic E-state index is 11.4. The lowest BCUT2D eigenvalue weighted by atomic mass is 9.66. The molecular formula is C12H21NO2S. The Morgan fingerprint density at radius 1 is 1.50 bits per heavy atom. The van der Waals surface area contributed by atoms with Gasteiger partial charge in [-0.2, -0.15) is 0 Å². The molecule has 0 bridgehead atoms. The molecule has 2 aliphatic rings. The summed E-state index contributed by atoms with van der Waals surface area (Å²) in [5, 5.41) is 1.08. The second-order valence-electron chi connectivity index (χ2n) is 5.28. The van der Waals surface area contributed by atoms with Crippen LogP contribution in [0.25, 0.3) is 0 Å². The predicted molar refractivity (Wildman–Crippen MR) is 65.9 cm³/mol. The van der Waals surface area contributed by atoms with Crippen molar-refractivity contribution in [2.24, 2.45) is 5.92 Å². The molecule has 0 N–H and O–H groups in total. The molecule has 0 amide bonds. The molecule has 0 aromatic heterocycles. The Morgan fingerprint density at radius 2 is 2.25 bits per heavy atom. The van der Waals surface area contributed by atoms with Gasteiger partial charge in [0.25, 0.3) is 0 Å². The first-order valence-electron chi connectivity index (χ1n) is 6.08. The van der Waals surface area contributed by atoms with E-state index in [1.54, 1.807) is 0 Å². The molecule has 2 atom stereocenters. The third kappa shape index (κ3) is 2.05. The van der Waals surface area contributed by atoms with Crippen LogP contribution in [-0.4, -0.2) is 37.7 Å². The van der Waals surface area contributed by atoms with Crippen LogP contribution in [0, 0.1) is 5.92 Å². The van der Waals surface area contributed by atoms with Crippen molar-refractivity contribution in [3.8, 4) is 0 Å². The van der Waals surface area contributed by atoms with Gasteiger partial charge in [0.1, 0.15) is 0 Å². The molecule has 3 nitrogen and oxygen atoms in total. The Labute approximate surface area is 98.4 Å². The normalized spacial score (nSPS) is 35.2. The second kappa shape index (κ2) is 4.15. The fourth-order valence-corrected chi connectivity index (χ4v) is 3.76. The summed E-state index contributed by atoms with van der Waals surface area (Å²) < 4.78 is 22.7. The smallest absolute Gasteiger partial charge is 0.172 e. The van der Waals surface area contributed by atoms with Gasteiger partial charge in [0.15, 0.2) is 9.84 Å². The highest BCUT2D eigenvalue weighted by molar-refractivity contribution is 7.94. The number of fused-ring (bicyclic) bond motifs is 1. The molecule has 0 unspecified atom stereocenters. The first-order chi connectivity index (χ1) is 7.48. The van der Waals surface area contributed by atoms with Crippen molar-refractivity contribution in [1.29, 1.82) is 0 Å². The van der Waals surface area contributed by atoms with Crippen LogP contribution in [0.1, 0.15) is 32.6 Å². The van der Waals surface area contributed by atoms with Gasteiger partial charge < -0.3 is 0 Å². The quantitative estimate of drug-likeness (QED) is 0.755. The zero-order valence-electron chi connectivity index (χ0n) is 9.98. The van der Waals surface area contributed by atoms with E-state index in [-0.39, 0.29) is 11.3 Å². The summed E-state index contributed by atoms with van der Waals surface area (Å²) in [6.45, 7) is 7.39. The monoisotopic (exact) mass is 243 g/mol. The van der Waals surface area contributed by atoms with Gasteiger partial charge in [-0.15, -0.1) is 0 Å². The van der Waals surface area contributed by atoms with Gasteiger partial charge in [-0.05, 0) is 25.7 Å². The molecule has 1 heterocycles. The molecule has 1 saturated heterocycles. The standard InChI is InChI=1S/C12H21NO2S/c1-3-16(14,15)9-8-13-10-11-6-4-5-7-12(11,13)2/h3,11H,1,4-10H2,2H3/t11-,12-/m0/s1. The summed E-state index contributed by atoms with van der Waals surface area (Å²) >= 11 is 0. The molecule has 2 rings (SSSR count). The van der Waals surface area contributed by atoms with Crippen LogP contribution in [0.3, 0.4) is 0 Å². The van der Waals surface area contributed by atoms with Crippen LogP contribution in [-0.2, 0) is 9.84 Å². The van der Waals surface area contributed by atoms with Crippen molar-refractivity contribution in [1.82, 2.24) is 4.90 Å². The third-order valence-electron chi connectivity index (χ3n) is 4.43. The second-order valence-corrected chi connectivity index (χ2v) is 7.35. The number of nitrogens with zero attached hydrogens (tertiary/aromatic N) is 1. The van der Waals surface area contributed by atoms with E-state index >= 15 is 0 Å². The number of hydrogen-bond donors (Lipinski definition) is 0. The molecular weight excluding hydrogens is 222 g/mol. The summed E-state index contributed by atoms with van der Waals surface area (Å²) in [5.41, 5.74) is 0.287. The van der Waals surface area contributed by atoms with E-state index < -0.39 is 9.84 Å². The van der Waals surface area contributed by atoms with E-state index in [1.807, 2.05) is 0 Å². The number of rotatable bonds is 4.